The summed E-state index contributed by atoms with van der Waals surface area (Å²) in [5.74, 6) is -0.731. The van der Waals surface area contributed by atoms with E-state index in [1.807, 2.05) is 0 Å². The number of carbonyl (C=O) groups excluding carboxylic acids is 1. The lowest BCUT2D eigenvalue weighted by molar-refractivity contribution is -0.385. The van der Waals surface area contributed by atoms with Crippen molar-refractivity contribution in [3.8, 4) is 11.5 Å². The number of nitrogens with zero attached hydrogens (tertiary/aromatic N) is 3. The number of nitrogens with one attached hydrogen (secondary N) is 1. The topological polar surface area (TPSA) is 130 Å². The van der Waals surface area contributed by atoms with Crippen molar-refractivity contribution in [3.05, 3.63) is 64.3 Å². The summed E-state index contributed by atoms with van der Waals surface area (Å²) >= 11 is 0.990. The van der Waals surface area contributed by atoms with E-state index in [0.29, 0.717) is 5.69 Å². The number of carbonyl (C=O) groups is 1. The fourth-order valence-corrected chi connectivity index (χ4v) is 2.87. The molecule has 0 spiro atoms. The highest BCUT2D eigenvalue weighted by Gasteiger charge is 2.16. The molecular weight excluding hydrogens is 419 g/mol. The van der Waals surface area contributed by atoms with Gasteiger partial charge in [0.1, 0.15) is 0 Å². The maximum atomic E-state index is 13.5. The number of amides is 1. The molecule has 1 aromatic heterocycles. The zero-order valence-corrected chi connectivity index (χ0v) is 16.3. The highest BCUT2D eigenvalue weighted by atomic mass is 32.2. The van der Waals surface area contributed by atoms with E-state index in [9.17, 15) is 19.3 Å². The molecule has 156 valence electrons. The number of halogens is 1. The Morgan fingerprint density at radius 2 is 2.07 bits per heavy atom. The number of rotatable bonds is 9. The van der Waals surface area contributed by atoms with Crippen LogP contribution >= 0.6 is 11.8 Å². The van der Waals surface area contributed by atoms with Gasteiger partial charge in [-0.1, -0.05) is 23.9 Å². The number of hydrogen-bond acceptors (Lipinski definition) is 9. The third-order valence-electron chi connectivity index (χ3n) is 3.62. The highest BCUT2D eigenvalue weighted by molar-refractivity contribution is 7.99. The number of hydrogen-bond donors (Lipinski definition) is 1. The molecule has 0 aliphatic heterocycles. The summed E-state index contributed by atoms with van der Waals surface area (Å²) in [5.41, 5.74) is 0.133. The first-order chi connectivity index (χ1) is 14.5. The Labute approximate surface area is 173 Å². The minimum atomic E-state index is -0.580. The number of nitro benzene ring substituents is 1. The predicted octanol–water partition coefficient (Wildman–Crippen LogP) is 3.44. The van der Waals surface area contributed by atoms with Gasteiger partial charge in [0.2, 0.25) is 5.91 Å². The van der Waals surface area contributed by atoms with Crippen molar-refractivity contribution in [2.45, 2.75) is 11.8 Å². The molecular formula is C18H15FN4O6S. The van der Waals surface area contributed by atoms with Crippen molar-refractivity contribution >= 4 is 29.0 Å². The zero-order chi connectivity index (χ0) is 21.5. The van der Waals surface area contributed by atoms with Gasteiger partial charge in [-0.3, -0.25) is 14.9 Å². The van der Waals surface area contributed by atoms with Crippen molar-refractivity contribution in [1.82, 2.24) is 10.2 Å². The first kappa shape index (κ1) is 21.0. The molecule has 1 amide bonds. The summed E-state index contributed by atoms with van der Waals surface area (Å²) in [7, 11) is 1.30. The maximum absolute atomic E-state index is 13.5. The summed E-state index contributed by atoms with van der Waals surface area (Å²) in [4.78, 5) is 22.4. The summed E-state index contributed by atoms with van der Waals surface area (Å²) in [5, 5.41) is 21.2. The molecule has 0 aliphatic rings. The second kappa shape index (κ2) is 9.69. The average molecular weight is 434 g/mol. The Balaban J connectivity index is 1.51. The van der Waals surface area contributed by atoms with Gasteiger partial charge in [0.25, 0.3) is 11.1 Å². The number of para-hydroxylation sites is 1. The normalized spacial score (nSPS) is 10.5. The number of nitro groups is 1. The van der Waals surface area contributed by atoms with E-state index in [0.717, 1.165) is 11.8 Å². The predicted molar refractivity (Wildman–Crippen MR) is 104 cm³/mol. The Hall–Kier alpha value is -3.67. The van der Waals surface area contributed by atoms with Crippen LogP contribution in [0.1, 0.15) is 5.89 Å². The number of thioether (sulfide) groups is 1. The van der Waals surface area contributed by atoms with Gasteiger partial charge < -0.3 is 19.2 Å². The second-order valence-electron chi connectivity index (χ2n) is 5.66. The minimum absolute atomic E-state index is 0.0295. The quantitative estimate of drug-likeness (QED) is 0.306. The van der Waals surface area contributed by atoms with Gasteiger partial charge in [-0.05, 0) is 18.2 Å². The van der Waals surface area contributed by atoms with Gasteiger partial charge in [-0.25, -0.2) is 4.39 Å². The summed E-state index contributed by atoms with van der Waals surface area (Å²) in [6, 6.07) is 9.90. The second-order valence-corrected chi connectivity index (χ2v) is 6.59. The smallest absolute Gasteiger partial charge is 0.311 e. The fourth-order valence-electron chi connectivity index (χ4n) is 2.29. The standard InChI is InChI=1S/C18H15FN4O6S/c1-27-15-8-11(6-7-13(15)23(25)26)20-16(24)10-30-18-22-21-17(29-18)9-28-14-5-3-2-4-12(14)19/h2-8H,9-10H2,1H3,(H,20,24). The molecule has 10 nitrogen and oxygen atoms in total. The average Bonchev–Trinajstić information content (AvgIpc) is 3.19. The van der Waals surface area contributed by atoms with Gasteiger partial charge in [-0.15, -0.1) is 10.2 Å². The van der Waals surface area contributed by atoms with Crippen molar-refractivity contribution in [1.29, 1.82) is 0 Å². The van der Waals surface area contributed by atoms with E-state index < -0.39 is 16.6 Å². The van der Waals surface area contributed by atoms with Gasteiger partial charge in [0.15, 0.2) is 23.9 Å². The molecule has 0 saturated heterocycles. The summed E-state index contributed by atoms with van der Waals surface area (Å²) < 4.78 is 29.1. The Bertz CT molecular complexity index is 1060. The molecule has 0 radical (unpaired) electrons. The number of anilines is 1. The molecule has 30 heavy (non-hydrogen) atoms. The van der Waals surface area contributed by atoms with Crippen LogP contribution in [0, 0.1) is 15.9 Å². The van der Waals surface area contributed by atoms with Crippen LogP contribution < -0.4 is 14.8 Å². The number of methoxy groups -OCH3 is 1. The molecule has 0 saturated carbocycles. The van der Waals surface area contributed by atoms with E-state index in [1.54, 1.807) is 12.1 Å². The van der Waals surface area contributed by atoms with Gasteiger partial charge in [0, 0.05) is 17.8 Å². The van der Waals surface area contributed by atoms with Gasteiger partial charge in [-0.2, -0.15) is 0 Å². The molecule has 0 atom stereocenters. The molecule has 0 aliphatic carbocycles. The third-order valence-corrected chi connectivity index (χ3v) is 4.44. The minimum Gasteiger partial charge on any atom is -0.490 e. The highest BCUT2D eigenvalue weighted by Crippen LogP contribution is 2.29. The molecule has 2 aromatic carbocycles. The maximum Gasteiger partial charge on any atom is 0.311 e. The van der Waals surface area contributed by atoms with Crippen LogP contribution in [0.2, 0.25) is 0 Å². The van der Waals surface area contributed by atoms with Crippen LogP contribution in [0.15, 0.2) is 52.1 Å². The zero-order valence-electron chi connectivity index (χ0n) is 15.5. The van der Waals surface area contributed by atoms with Crippen molar-refractivity contribution in [2.24, 2.45) is 0 Å². The monoisotopic (exact) mass is 434 g/mol. The van der Waals surface area contributed by atoms with Crippen LogP contribution in [-0.4, -0.2) is 33.9 Å². The van der Waals surface area contributed by atoms with E-state index in [1.165, 1.54) is 37.4 Å². The first-order valence-electron chi connectivity index (χ1n) is 8.41. The van der Waals surface area contributed by atoms with Crippen molar-refractivity contribution < 1.29 is 28.0 Å². The molecule has 1 N–H and O–H groups in total. The van der Waals surface area contributed by atoms with Crippen LogP contribution in [0.4, 0.5) is 15.8 Å². The number of ether oxygens (including phenoxy) is 2. The van der Waals surface area contributed by atoms with Gasteiger partial charge in [0.05, 0.1) is 17.8 Å². The van der Waals surface area contributed by atoms with E-state index in [-0.39, 0.29) is 40.7 Å². The Morgan fingerprint density at radius 3 is 2.80 bits per heavy atom. The molecule has 3 rings (SSSR count). The van der Waals surface area contributed by atoms with E-state index in [2.05, 4.69) is 15.5 Å². The molecule has 0 fully saturated rings. The first-order valence-corrected chi connectivity index (χ1v) is 9.39. The fraction of sp³-hybridized carbons (Fsp3) is 0.167. The Kier molecular flexibility index (Phi) is 6.80. The number of aromatic nitrogens is 2. The van der Waals surface area contributed by atoms with Crippen molar-refractivity contribution in [2.75, 3.05) is 18.2 Å². The number of benzene rings is 2. The van der Waals surface area contributed by atoms with Crippen LogP contribution in [0.3, 0.4) is 0 Å². The van der Waals surface area contributed by atoms with E-state index >= 15 is 0 Å². The largest absolute Gasteiger partial charge is 0.490 e. The SMILES string of the molecule is COc1cc(NC(=O)CSc2nnc(COc3ccccc3F)o2)ccc1[N+](=O)[O-]. The van der Waals surface area contributed by atoms with Crippen LogP contribution in [0.5, 0.6) is 11.5 Å². The molecule has 12 heteroatoms. The van der Waals surface area contributed by atoms with E-state index in [4.69, 9.17) is 13.9 Å². The van der Waals surface area contributed by atoms with Gasteiger partial charge >= 0.3 is 5.69 Å². The summed E-state index contributed by atoms with van der Waals surface area (Å²) in [6.07, 6.45) is 0. The molecule has 3 aromatic rings. The lowest BCUT2D eigenvalue weighted by atomic mass is 10.2. The third kappa shape index (κ3) is 5.44. The molecule has 0 bridgehead atoms. The molecule has 1 heterocycles. The Morgan fingerprint density at radius 1 is 1.27 bits per heavy atom. The lowest BCUT2D eigenvalue weighted by Crippen LogP contribution is -2.14. The van der Waals surface area contributed by atoms with Crippen LogP contribution in [0.25, 0.3) is 0 Å². The summed E-state index contributed by atoms with van der Waals surface area (Å²) in [6.45, 7) is -0.122. The van der Waals surface area contributed by atoms with Crippen LogP contribution in [-0.2, 0) is 11.4 Å². The molecule has 0 unspecified atom stereocenters. The van der Waals surface area contributed by atoms with Crippen molar-refractivity contribution in [3.63, 3.8) is 0 Å². The lowest BCUT2D eigenvalue weighted by Gasteiger charge is -2.07.